The van der Waals surface area contributed by atoms with Crippen molar-refractivity contribution in [1.82, 2.24) is 14.8 Å². The number of amides is 2. The summed E-state index contributed by atoms with van der Waals surface area (Å²) in [6, 6.07) is 5.73. The second kappa shape index (κ2) is 6.72. The van der Waals surface area contributed by atoms with E-state index >= 15 is 0 Å². The van der Waals surface area contributed by atoms with E-state index in [4.69, 9.17) is 4.74 Å². The Morgan fingerprint density at radius 1 is 1.36 bits per heavy atom. The van der Waals surface area contributed by atoms with Crippen molar-refractivity contribution in [3.8, 4) is 0 Å². The molecule has 2 amide bonds. The van der Waals surface area contributed by atoms with Crippen molar-refractivity contribution in [3.05, 3.63) is 29.3 Å². The van der Waals surface area contributed by atoms with Gasteiger partial charge in [-0.2, -0.15) is 0 Å². The smallest absolute Gasteiger partial charge is 0.253 e. The van der Waals surface area contributed by atoms with Crippen LogP contribution in [0.5, 0.6) is 0 Å². The summed E-state index contributed by atoms with van der Waals surface area (Å²) in [6.45, 7) is 2.25. The van der Waals surface area contributed by atoms with Gasteiger partial charge in [-0.15, -0.1) is 11.3 Å². The van der Waals surface area contributed by atoms with Gasteiger partial charge in [-0.3, -0.25) is 9.59 Å². The molecule has 3 fully saturated rings. The molecule has 1 aromatic carbocycles. The molecule has 0 N–H and O–H groups in total. The van der Waals surface area contributed by atoms with Crippen LogP contribution in [0.1, 0.15) is 23.2 Å². The van der Waals surface area contributed by atoms with E-state index in [-0.39, 0.29) is 23.8 Å². The minimum atomic E-state index is -0.0910. The average Bonchev–Trinajstić information content (AvgIpc) is 2.93. The van der Waals surface area contributed by atoms with Crippen LogP contribution in [-0.2, 0) is 9.53 Å². The maximum Gasteiger partial charge on any atom is 0.253 e. The molecule has 5 rings (SSSR count). The normalized spacial score (nSPS) is 23.3. The number of hydrogen-bond acceptors (Lipinski definition) is 5. The molecular weight excluding hydrogens is 338 g/mol. The fraction of sp³-hybridized carbons (Fsp3) is 0.500. The number of rotatable bonds is 4. The van der Waals surface area contributed by atoms with E-state index in [0.717, 1.165) is 23.1 Å². The molecule has 0 saturated carbocycles. The number of carbonyl (C=O) groups excluding carboxylic acids is 2. The van der Waals surface area contributed by atoms with Gasteiger partial charge in [-0.05, 0) is 31.0 Å². The Labute approximate surface area is 150 Å². The Balaban J connectivity index is 1.56. The maximum absolute atomic E-state index is 13.0. The summed E-state index contributed by atoms with van der Waals surface area (Å²) in [5, 5.41) is 0. The van der Waals surface area contributed by atoms with E-state index in [1.54, 1.807) is 12.6 Å². The zero-order chi connectivity index (χ0) is 17.4. The Morgan fingerprint density at radius 2 is 2.24 bits per heavy atom. The number of nitrogens with zero attached hydrogens (tertiary/aromatic N) is 3. The summed E-state index contributed by atoms with van der Waals surface area (Å²) in [5.41, 5.74) is 3.38. The summed E-state index contributed by atoms with van der Waals surface area (Å²) in [6.07, 6.45) is 1.82. The Bertz CT molecular complexity index is 806. The van der Waals surface area contributed by atoms with Gasteiger partial charge in [0.15, 0.2) is 0 Å². The van der Waals surface area contributed by atoms with Gasteiger partial charge in [-0.1, -0.05) is 0 Å². The van der Waals surface area contributed by atoms with Gasteiger partial charge in [0.2, 0.25) is 5.91 Å². The largest absolute Gasteiger partial charge is 0.383 e. The van der Waals surface area contributed by atoms with Crippen LogP contribution in [0.2, 0.25) is 0 Å². The number of carbonyl (C=O) groups is 2. The minimum absolute atomic E-state index is 0.00796. The van der Waals surface area contributed by atoms with Crippen molar-refractivity contribution in [1.29, 1.82) is 0 Å². The van der Waals surface area contributed by atoms with Gasteiger partial charge in [0.25, 0.3) is 5.91 Å². The third-order valence-corrected chi connectivity index (χ3v) is 5.99. The lowest BCUT2D eigenvalue weighted by Crippen LogP contribution is -2.49. The fourth-order valence-electron chi connectivity index (χ4n) is 3.86. The Kier molecular flexibility index (Phi) is 4.43. The molecule has 2 atom stereocenters. The molecule has 132 valence electrons. The van der Waals surface area contributed by atoms with Crippen LogP contribution in [0.4, 0.5) is 0 Å². The molecular formula is C18H21N3O3S. The second-order valence-corrected chi connectivity index (χ2v) is 7.58. The first-order valence-electron chi connectivity index (χ1n) is 8.59. The van der Waals surface area contributed by atoms with Crippen molar-refractivity contribution < 1.29 is 14.3 Å². The van der Waals surface area contributed by atoms with E-state index in [1.807, 2.05) is 28.0 Å². The first-order valence-corrected chi connectivity index (χ1v) is 9.47. The van der Waals surface area contributed by atoms with Crippen molar-refractivity contribution in [2.45, 2.75) is 18.9 Å². The monoisotopic (exact) mass is 359 g/mol. The topological polar surface area (TPSA) is 62.7 Å². The molecule has 2 bridgehead atoms. The Morgan fingerprint density at radius 3 is 3.08 bits per heavy atom. The minimum Gasteiger partial charge on any atom is -0.383 e. The van der Waals surface area contributed by atoms with Gasteiger partial charge < -0.3 is 14.5 Å². The van der Waals surface area contributed by atoms with Crippen LogP contribution in [0.3, 0.4) is 0 Å². The van der Waals surface area contributed by atoms with E-state index < -0.39 is 0 Å². The zero-order valence-electron chi connectivity index (χ0n) is 14.2. The molecule has 2 aromatic rings. The molecule has 0 radical (unpaired) electrons. The van der Waals surface area contributed by atoms with Crippen molar-refractivity contribution >= 4 is 33.4 Å². The summed E-state index contributed by atoms with van der Waals surface area (Å²) in [7, 11) is 1.64. The first kappa shape index (κ1) is 16.5. The van der Waals surface area contributed by atoms with Gasteiger partial charge in [-0.25, -0.2) is 4.98 Å². The summed E-state index contributed by atoms with van der Waals surface area (Å²) < 4.78 is 6.15. The van der Waals surface area contributed by atoms with Crippen LogP contribution in [-0.4, -0.2) is 66.0 Å². The highest BCUT2D eigenvalue weighted by Crippen LogP contribution is 2.30. The van der Waals surface area contributed by atoms with Crippen LogP contribution >= 0.6 is 11.3 Å². The van der Waals surface area contributed by atoms with Crippen LogP contribution in [0.25, 0.3) is 10.2 Å². The van der Waals surface area contributed by atoms with Crippen LogP contribution in [0.15, 0.2) is 23.7 Å². The maximum atomic E-state index is 13.0. The van der Waals surface area contributed by atoms with Gasteiger partial charge in [0.1, 0.15) is 0 Å². The van der Waals surface area contributed by atoms with Crippen molar-refractivity contribution in [3.63, 3.8) is 0 Å². The molecule has 6 nitrogen and oxygen atoms in total. The number of fused-ring (bicyclic) bond motifs is 5. The number of aromatic nitrogens is 1. The summed E-state index contributed by atoms with van der Waals surface area (Å²) in [4.78, 5) is 33.7. The number of hydrogen-bond donors (Lipinski definition) is 0. The molecule has 0 unspecified atom stereocenters. The van der Waals surface area contributed by atoms with Gasteiger partial charge in [0.05, 0.1) is 28.3 Å². The third-order valence-electron chi connectivity index (χ3n) is 5.20. The number of methoxy groups -OCH3 is 1. The molecule has 0 aliphatic carbocycles. The van der Waals surface area contributed by atoms with Crippen LogP contribution < -0.4 is 0 Å². The predicted octanol–water partition coefficient (Wildman–Crippen LogP) is 2.01. The lowest BCUT2D eigenvalue weighted by atomic mass is 9.94. The quantitative estimate of drug-likeness (QED) is 0.838. The molecule has 25 heavy (non-hydrogen) atoms. The standard InChI is InChI=1S/C18H21N3O3S/c1-24-7-6-21-14-4-2-13(18(21)23)9-20(10-14)17(22)12-3-5-15-16(8-12)25-11-19-15/h3,5,8,11,13-14H,2,4,6-7,9-10H2,1H3/t13-,14+/m1/s1. The van der Waals surface area contributed by atoms with E-state index in [0.29, 0.717) is 31.8 Å². The lowest BCUT2D eigenvalue weighted by Gasteiger charge is -2.35. The molecule has 1 aromatic heterocycles. The summed E-state index contributed by atoms with van der Waals surface area (Å²) >= 11 is 1.53. The Hall–Kier alpha value is -1.99. The SMILES string of the molecule is COCCN1C(=O)[C@@H]2CC[C@H]1CN(C(=O)c1ccc3ncsc3c1)C2. The third kappa shape index (κ3) is 3.02. The molecule has 4 heterocycles. The lowest BCUT2D eigenvalue weighted by molar-refractivity contribution is -0.140. The molecule has 3 aliphatic heterocycles. The fourth-order valence-corrected chi connectivity index (χ4v) is 4.58. The zero-order valence-corrected chi connectivity index (χ0v) is 15.0. The highest BCUT2D eigenvalue weighted by atomic mass is 32.1. The molecule has 3 saturated heterocycles. The predicted molar refractivity (Wildman–Crippen MR) is 95.6 cm³/mol. The molecule has 0 spiro atoms. The van der Waals surface area contributed by atoms with Crippen molar-refractivity contribution in [2.24, 2.45) is 5.92 Å². The highest BCUT2D eigenvalue weighted by molar-refractivity contribution is 7.16. The van der Waals surface area contributed by atoms with E-state index in [2.05, 4.69) is 4.98 Å². The summed E-state index contributed by atoms with van der Waals surface area (Å²) in [5.74, 6) is 0.0850. The van der Waals surface area contributed by atoms with Gasteiger partial charge >= 0.3 is 0 Å². The van der Waals surface area contributed by atoms with E-state index in [9.17, 15) is 9.59 Å². The number of piperidine rings is 1. The first-order chi connectivity index (χ1) is 12.2. The van der Waals surface area contributed by atoms with Crippen LogP contribution in [0, 0.1) is 5.92 Å². The molecule has 7 heteroatoms. The highest BCUT2D eigenvalue weighted by Gasteiger charge is 2.41. The second-order valence-electron chi connectivity index (χ2n) is 6.70. The number of benzene rings is 1. The van der Waals surface area contributed by atoms with E-state index in [1.165, 1.54) is 11.3 Å². The average molecular weight is 359 g/mol. The molecule has 3 aliphatic rings. The number of thiazole rings is 1. The van der Waals surface area contributed by atoms with Crippen molar-refractivity contribution in [2.75, 3.05) is 33.4 Å². The number of ether oxygens (including phenoxy) is 1. The van der Waals surface area contributed by atoms with Gasteiger partial charge in [0, 0.05) is 38.3 Å².